The highest BCUT2D eigenvalue weighted by molar-refractivity contribution is 9.11. The smallest absolute Gasteiger partial charge is 0.241 e. The molecular formula is C8H8Br3N3O. The largest absolute Gasteiger partial charge is 0.307 e. The van der Waals surface area contributed by atoms with Crippen molar-refractivity contribution in [3.05, 3.63) is 15.4 Å². The molecule has 7 heteroatoms. The van der Waals surface area contributed by atoms with Crippen molar-refractivity contribution >= 4 is 59.5 Å². The summed E-state index contributed by atoms with van der Waals surface area (Å²) < 4.78 is 0.453. The summed E-state index contributed by atoms with van der Waals surface area (Å²) in [6, 6.07) is 0. The van der Waals surface area contributed by atoms with E-state index < -0.39 is 4.32 Å². The van der Waals surface area contributed by atoms with Crippen LogP contribution in [0.15, 0.2) is 15.4 Å². The lowest BCUT2D eigenvalue weighted by molar-refractivity contribution is -0.117. The lowest BCUT2D eigenvalue weighted by Gasteiger charge is -2.15. The Kier molecular flexibility index (Phi) is 4.25. The fourth-order valence-corrected chi connectivity index (χ4v) is 1.70. The van der Waals surface area contributed by atoms with Crippen LogP contribution >= 0.6 is 47.8 Å². The molecule has 0 aromatic carbocycles. The molecule has 1 aromatic rings. The van der Waals surface area contributed by atoms with Crippen LogP contribution in [0.25, 0.3) is 0 Å². The highest BCUT2D eigenvalue weighted by atomic mass is 79.9. The van der Waals surface area contributed by atoms with Gasteiger partial charge in [-0.25, -0.2) is 9.97 Å². The van der Waals surface area contributed by atoms with Gasteiger partial charge in [0.25, 0.3) is 0 Å². The fourth-order valence-electron chi connectivity index (χ4n) is 0.687. The van der Waals surface area contributed by atoms with Crippen LogP contribution in [0.5, 0.6) is 0 Å². The van der Waals surface area contributed by atoms with Gasteiger partial charge in [-0.15, -0.1) is 0 Å². The topological polar surface area (TPSA) is 54.9 Å². The van der Waals surface area contributed by atoms with Crippen molar-refractivity contribution in [3.63, 3.8) is 0 Å². The molecule has 0 fully saturated rings. The molecule has 0 radical (unpaired) electrons. The van der Waals surface area contributed by atoms with Crippen LogP contribution in [-0.2, 0) is 4.79 Å². The van der Waals surface area contributed by atoms with Crippen LogP contribution in [-0.4, -0.2) is 20.2 Å². The van der Waals surface area contributed by atoms with E-state index in [1.807, 2.05) is 0 Å². The monoisotopic (exact) mass is 399 g/mol. The predicted octanol–water partition coefficient (Wildman–Crippen LogP) is 3.11. The number of rotatable bonds is 2. The molecule has 0 unspecified atom stereocenters. The Balaban J connectivity index is 2.87. The van der Waals surface area contributed by atoms with Gasteiger partial charge in [-0.2, -0.15) is 0 Å². The third-order valence-corrected chi connectivity index (χ3v) is 2.77. The molecule has 1 rings (SSSR count). The summed E-state index contributed by atoms with van der Waals surface area (Å²) in [5.74, 6) is 0.218. The maximum absolute atomic E-state index is 11.6. The fraction of sp³-hybridized carbons (Fsp3) is 0.375. The number of hydrogen-bond acceptors (Lipinski definition) is 3. The second-order valence-corrected chi connectivity index (χ2v) is 6.80. The van der Waals surface area contributed by atoms with Gasteiger partial charge in [0.2, 0.25) is 5.91 Å². The van der Waals surface area contributed by atoms with E-state index in [0.717, 1.165) is 0 Å². The summed E-state index contributed by atoms with van der Waals surface area (Å²) in [7, 11) is 0. The molecule has 1 heterocycles. The molecule has 0 spiro atoms. The van der Waals surface area contributed by atoms with E-state index in [0.29, 0.717) is 15.0 Å². The van der Waals surface area contributed by atoms with Gasteiger partial charge in [-0.3, -0.25) is 4.79 Å². The van der Waals surface area contributed by atoms with Gasteiger partial charge in [0.05, 0.1) is 10.5 Å². The molecule has 4 nitrogen and oxygen atoms in total. The predicted molar refractivity (Wildman–Crippen MR) is 69.1 cm³/mol. The van der Waals surface area contributed by atoms with E-state index in [4.69, 9.17) is 0 Å². The van der Waals surface area contributed by atoms with Crippen molar-refractivity contribution in [1.82, 2.24) is 9.97 Å². The molecule has 1 aromatic heterocycles. The molecule has 15 heavy (non-hydrogen) atoms. The minimum absolute atomic E-state index is 0.181. The zero-order valence-electron chi connectivity index (χ0n) is 8.01. The van der Waals surface area contributed by atoms with Crippen molar-refractivity contribution in [2.45, 2.75) is 18.2 Å². The van der Waals surface area contributed by atoms with Crippen LogP contribution in [0.4, 0.5) is 5.82 Å². The second kappa shape index (κ2) is 4.88. The van der Waals surface area contributed by atoms with Gasteiger partial charge >= 0.3 is 0 Å². The summed E-state index contributed by atoms with van der Waals surface area (Å²) in [5, 5.41) is 2.65. The minimum atomic E-state index is -0.638. The quantitative estimate of drug-likeness (QED) is 0.775. The minimum Gasteiger partial charge on any atom is -0.307 e. The standard InChI is InChI=1S/C8H8Br3N3O/c1-8(2,11)7(15)14-6-5(10)13-4(9)3-12-6/h3H,1-2H3,(H,12,14,15). The van der Waals surface area contributed by atoms with E-state index in [9.17, 15) is 4.79 Å². The molecule has 0 aliphatic rings. The van der Waals surface area contributed by atoms with Crippen LogP contribution in [0.1, 0.15) is 13.8 Å². The number of nitrogens with one attached hydrogen (secondary N) is 1. The van der Waals surface area contributed by atoms with Gasteiger partial charge in [0.15, 0.2) is 5.82 Å². The van der Waals surface area contributed by atoms with Gasteiger partial charge in [-0.05, 0) is 45.7 Å². The Morgan fingerprint density at radius 1 is 1.47 bits per heavy atom. The number of carbonyl (C=O) groups is 1. The number of alkyl halides is 1. The Hall–Kier alpha value is -0.0100. The highest BCUT2D eigenvalue weighted by Gasteiger charge is 2.24. The number of nitrogens with zero attached hydrogens (tertiary/aromatic N) is 2. The average Bonchev–Trinajstić information content (AvgIpc) is 2.08. The maximum Gasteiger partial charge on any atom is 0.241 e. The number of hydrogen-bond donors (Lipinski definition) is 1. The van der Waals surface area contributed by atoms with Gasteiger partial charge in [-0.1, -0.05) is 15.9 Å². The first-order valence-electron chi connectivity index (χ1n) is 3.99. The molecule has 0 aliphatic heterocycles. The van der Waals surface area contributed by atoms with Crippen LogP contribution in [0.2, 0.25) is 0 Å². The molecule has 0 aliphatic carbocycles. The van der Waals surface area contributed by atoms with Crippen LogP contribution in [0, 0.1) is 0 Å². The number of halogens is 3. The summed E-state index contributed by atoms with van der Waals surface area (Å²) in [6.07, 6.45) is 1.52. The molecule has 0 atom stereocenters. The third-order valence-electron chi connectivity index (χ3n) is 1.47. The molecule has 0 saturated carbocycles. The number of aromatic nitrogens is 2. The Bertz CT molecular complexity index is 389. The van der Waals surface area contributed by atoms with Crippen molar-refractivity contribution in [2.24, 2.45) is 0 Å². The third kappa shape index (κ3) is 3.81. The van der Waals surface area contributed by atoms with Gasteiger partial charge in [0.1, 0.15) is 9.21 Å². The van der Waals surface area contributed by atoms with E-state index >= 15 is 0 Å². The zero-order valence-corrected chi connectivity index (χ0v) is 12.8. The average molecular weight is 402 g/mol. The van der Waals surface area contributed by atoms with Crippen molar-refractivity contribution in [2.75, 3.05) is 5.32 Å². The Morgan fingerprint density at radius 2 is 2.07 bits per heavy atom. The first kappa shape index (κ1) is 13.1. The first-order valence-corrected chi connectivity index (χ1v) is 6.37. The summed E-state index contributed by atoms with van der Waals surface area (Å²) in [5.41, 5.74) is 0. The maximum atomic E-state index is 11.6. The summed E-state index contributed by atoms with van der Waals surface area (Å²) >= 11 is 9.64. The number of amides is 1. The van der Waals surface area contributed by atoms with Crippen molar-refractivity contribution in [1.29, 1.82) is 0 Å². The van der Waals surface area contributed by atoms with Gasteiger partial charge < -0.3 is 5.32 Å². The highest BCUT2D eigenvalue weighted by Crippen LogP contribution is 2.22. The van der Waals surface area contributed by atoms with Crippen molar-refractivity contribution < 1.29 is 4.79 Å². The number of anilines is 1. The lowest BCUT2D eigenvalue weighted by atomic mass is 10.2. The summed E-state index contributed by atoms with van der Waals surface area (Å²) in [6.45, 7) is 3.51. The number of carbonyl (C=O) groups excluding carboxylic acids is 1. The van der Waals surface area contributed by atoms with Crippen LogP contribution < -0.4 is 5.32 Å². The second-order valence-electron chi connectivity index (χ2n) is 3.26. The zero-order chi connectivity index (χ0) is 11.6. The SMILES string of the molecule is CC(C)(Br)C(=O)Nc1ncc(Br)nc1Br. The normalized spacial score (nSPS) is 11.3. The molecule has 1 N–H and O–H groups in total. The van der Waals surface area contributed by atoms with Gasteiger partial charge in [0, 0.05) is 0 Å². The van der Waals surface area contributed by atoms with E-state index in [1.54, 1.807) is 13.8 Å². The molecular weight excluding hydrogens is 394 g/mol. The van der Waals surface area contributed by atoms with E-state index in [1.165, 1.54) is 6.20 Å². The molecule has 0 bridgehead atoms. The molecule has 0 saturated heterocycles. The molecule has 82 valence electrons. The van der Waals surface area contributed by atoms with E-state index in [2.05, 4.69) is 63.1 Å². The van der Waals surface area contributed by atoms with Crippen molar-refractivity contribution in [3.8, 4) is 0 Å². The molecule has 1 amide bonds. The summed E-state index contributed by atoms with van der Waals surface area (Å²) in [4.78, 5) is 19.7. The first-order chi connectivity index (χ1) is 6.80. The van der Waals surface area contributed by atoms with Crippen LogP contribution in [0.3, 0.4) is 0 Å². The lowest BCUT2D eigenvalue weighted by Crippen LogP contribution is -2.31. The van der Waals surface area contributed by atoms with E-state index in [-0.39, 0.29) is 5.91 Å². The Labute approximate surface area is 113 Å². The Morgan fingerprint density at radius 3 is 2.53 bits per heavy atom.